The second-order valence-electron chi connectivity index (χ2n) is 7.59. The van der Waals surface area contributed by atoms with Crippen LogP contribution in [0.15, 0.2) is 53.4 Å². The van der Waals surface area contributed by atoms with E-state index in [0.29, 0.717) is 29.8 Å². The molecule has 1 N–H and O–H groups in total. The zero-order valence-electron chi connectivity index (χ0n) is 17.0. The molecule has 1 aliphatic carbocycles. The van der Waals surface area contributed by atoms with E-state index in [-0.39, 0.29) is 23.9 Å². The summed E-state index contributed by atoms with van der Waals surface area (Å²) in [6.45, 7) is 0.0876. The minimum atomic E-state index is -1.14. The topological polar surface area (TPSA) is 123 Å². The lowest BCUT2D eigenvalue weighted by molar-refractivity contribution is -0.119. The smallest absolute Gasteiger partial charge is 0.246 e. The predicted molar refractivity (Wildman–Crippen MR) is 110 cm³/mol. The van der Waals surface area contributed by atoms with Crippen molar-refractivity contribution < 1.29 is 18.1 Å². The van der Waals surface area contributed by atoms with Crippen LogP contribution in [0.2, 0.25) is 0 Å². The lowest BCUT2D eigenvalue weighted by atomic mass is 10.1. The Morgan fingerprint density at radius 3 is 2.73 bits per heavy atom. The first-order chi connectivity index (χ1) is 16.0. The van der Waals surface area contributed by atoms with Crippen molar-refractivity contribution in [2.75, 3.05) is 5.32 Å². The molecule has 0 spiro atoms. The van der Waals surface area contributed by atoms with Gasteiger partial charge in [0.15, 0.2) is 17.5 Å². The molecule has 11 heteroatoms. The monoisotopic (exact) mass is 447 g/mol. The molecule has 1 saturated carbocycles. The molecule has 1 fully saturated rings. The number of halogens is 2. The summed E-state index contributed by atoms with van der Waals surface area (Å²) in [5.74, 6) is -2.16. The van der Waals surface area contributed by atoms with Crippen LogP contribution in [0, 0.1) is 28.4 Å². The van der Waals surface area contributed by atoms with Gasteiger partial charge in [-0.2, -0.15) is 10.4 Å². The largest absolute Gasteiger partial charge is 0.364 e. The minimum absolute atomic E-state index is 0.0329. The van der Waals surface area contributed by atoms with Crippen LogP contribution in [-0.4, -0.2) is 30.8 Å². The zero-order chi connectivity index (χ0) is 23.0. The summed E-state index contributed by atoms with van der Waals surface area (Å²) in [5.41, 5.74) is 0.462. The van der Waals surface area contributed by atoms with Crippen LogP contribution >= 0.6 is 0 Å². The molecule has 1 aromatic carbocycles. The van der Waals surface area contributed by atoms with E-state index >= 15 is 0 Å². The number of anilines is 1. The Morgan fingerprint density at radius 2 is 2.03 bits per heavy atom. The zero-order valence-corrected chi connectivity index (χ0v) is 17.0. The highest BCUT2D eigenvalue weighted by atomic mass is 19.1. The number of hydrogen-bond donors (Lipinski definition) is 1. The Morgan fingerprint density at radius 1 is 1.21 bits per heavy atom. The van der Waals surface area contributed by atoms with Crippen LogP contribution in [-0.2, 0) is 11.3 Å². The SMILES string of the molecule is N#CC1(C(=O)Nc2nc(-c3cc(-c4ccon4)n(Cc4ccccc4F)n3)ncc2F)CC1. The number of carbonyl (C=O) groups excluding carboxylic acids is 1. The molecule has 164 valence electrons. The van der Waals surface area contributed by atoms with E-state index in [4.69, 9.17) is 4.52 Å². The Hall–Kier alpha value is -4.46. The summed E-state index contributed by atoms with van der Waals surface area (Å²) in [4.78, 5) is 20.4. The van der Waals surface area contributed by atoms with Crippen molar-refractivity contribution in [2.24, 2.45) is 5.41 Å². The summed E-state index contributed by atoms with van der Waals surface area (Å²) < 4.78 is 34.9. The molecular formula is C22H15F2N7O2. The molecule has 9 nitrogen and oxygen atoms in total. The molecule has 0 atom stereocenters. The number of rotatable bonds is 6. The third-order valence-corrected chi connectivity index (χ3v) is 5.36. The maximum Gasteiger partial charge on any atom is 0.246 e. The van der Waals surface area contributed by atoms with Gasteiger partial charge < -0.3 is 9.84 Å². The maximum atomic E-state index is 14.3. The summed E-state index contributed by atoms with van der Waals surface area (Å²) in [7, 11) is 0. The van der Waals surface area contributed by atoms with E-state index in [0.717, 1.165) is 6.20 Å². The molecule has 4 aromatic rings. The van der Waals surface area contributed by atoms with Gasteiger partial charge in [-0.25, -0.2) is 18.7 Å². The fourth-order valence-corrected chi connectivity index (χ4v) is 3.31. The van der Waals surface area contributed by atoms with Crippen LogP contribution in [0.4, 0.5) is 14.6 Å². The van der Waals surface area contributed by atoms with E-state index in [2.05, 4.69) is 25.5 Å². The molecule has 3 aromatic heterocycles. The number of nitrogens with one attached hydrogen (secondary N) is 1. The first-order valence-electron chi connectivity index (χ1n) is 9.97. The molecular weight excluding hydrogens is 432 g/mol. The number of amides is 1. The predicted octanol–water partition coefficient (Wildman–Crippen LogP) is 3.56. The van der Waals surface area contributed by atoms with Gasteiger partial charge in [0.25, 0.3) is 0 Å². The van der Waals surface area contributed by atoms with Gasteiger partial charge in [-0.3, -0.25) is 9.48 Å². The number of hydrogen-bond acceptors (Lipinski definition) is 7. The van der Waals surface area contributed by atoms with Gasteiger partial charge in [0.05, 0.1) is 24.5 Å². The van der Waals surface area contributed by atoms with Crippen molar-refractivity contribution >= 4 is 11.7 Å². The van der Waals surface area contributed by atoms with Crippen LogP contribution in [0.1, 0.15) is 18.4 Å². The van der Waals surface area contributed by atoms with Gasteiger partial charge in [-0.05, 0) is 25.0 Å². The first-order valence-corrected chi connectivity index (χ1v) is 9.97. The minimum Gasteiger partial charge on any atom is -0.364 e. The van der Waals surface area contributed by atoms with Gasteiger partial charge in [-0.15, -0.1) is 0 Å². The quantitative estimate of drug-likeness (QED) is 0.479. The fraction of sp³-hybridized carbons (Fsp3) is 0.182. The molecule has 0 bridgehead atoms. The summed E-state index contributed by atoms with van der Waals surface area (Å²) in [5, 5.41) is 19.9. The van der Waals surface area contributed by atoms with Gasteiger partial charge >= 0.3 is 0 Å². The summed E-state index contributed by atoms with van der Waals surface area (Å²) in [6.07, 6.45) is 3.13. The highest BCUT2D eigenvalue weighted by Crippen LogP contribution is 2.45. The van der Waals surface area contributed by atoms with Crippen molar-refractivity contribution in [3.63, 3.8) is 0 Å². The second kappa shape index (κ2) is 7.90. The van der Waals surface area contributed by atoms with Gasteiger partial charge in [0.1, 0.15) is 28.9 Å². The Bertz CT molecular complexity index is 1390. The van der Waals surface area contributed by atoms with E-state index in [1.165, 1.54) is 17.0 Å². The van der Waals surface area contributed by atoms with Crippen molar-refractivity contribution in [1.82, 2.24) is 24.9 Å². The molecule has 0 radical (unpaired) electrons. The average molecular weight is 447 g/mol. The summed E-state index contributed by atoms with van der Waals surface area (Å²) >= 11 is 0. The van der Waals surface area contributed by atoms with Crippen molar-refractivity contribution in [3.8, 4) is 29.0 Å². The highest BCUT2D eigenvalue weighted by molar-refractivity contribution is 5.98. The van der Waals surface area contributed by atoms with Crippen molar-refractivity contribution in [2.45, 2.75) is 19.4 Å². The molecule has 33 heavy (non-hydrogen) atoms. The Labute approximate surface area is 185 Å². The van der Waals surface area contributed by atoms with Gasteiger partial charge in [-0.1, -0.05) is 23.4 Å². The first kappa shape index (κ1) is 20.4. The second-order valence-corrected chi connectivity index (χ2v) is 7.59. The third-order valence-electron chi connectivity index (χ3n) is 5.36. The lowest BCUT2D eigenvalue weighted by Crippen LogP contribution is -2.24. The maximum absolute atomic E-state index is 14.3. The van der Waals surface area contributed by atoms with Gasteiger partial charge in [0.2, 0.25) is 5.91 Å². The molecule has 1 amide bonds. The van der Waals surface area contributed by atoms with E-state index in [9.17, 15) is 18.8 Å². The van der Waals surface area contributed by atoms with E-state index < -0.39 is 23.0 Å². The number of benzene rings is 1. The average Bonchev–Trinajstić information content (AvgIpc) is 3.22. The molecule has 0 saturated heterocycles. The Kier molecular flexibility index (Phi) is 4.90. The van der Waals surface area contributed by atoms with Crippen LogP contribution < -0.4 is 5.32 Å². The normalized spacial score (nSPS) is 14.0. The standard InChI is InChI=1S/C22H15F2N7O2/c23-14-4-2-1-3-13(14)11-31-18(16-5-8-33-30-16)9-17(29-31)20-26-10-15(24)19(27-20)28-21(32)22(12-25)6-7-22/h1-5,8-10H,6-7,11H2,(H,26,27,28,32). The highest BCUT2D eigenvalue weighted by Gasteiger charge is 2.51. The number of nitriles is 1. The van der Waals surface area contributed by atoms with Crippen molar-refractivity contribution in [1.29, 1.82) is 5.26 Å². The van der Waals surface area contributed by atoms with Gasteiger partial charge in [0, 0.05) is 11.6 Å². The molecule has 3 heterocycles. The molecule has 0 aliphatic heterocycles. The third kappa shape index (κ3) is 3.82. The fourth-order valence-electron chi connectivity index (χ4n) is 3.31. The number of carbonyl (C=O) groups is 1. The van der Waals surface area contributed by atoms with Crippen LogP contribution in [0.25, 0.3) is 22.9 Å². The number of nitrogens with zero attached hydrogens (tertiary/aromatic N) is 6. The molecule has 0 unspecified atom stereocenters. The van der Waals surface area contributed by atoms with E-state index in [1.54, 1.807) is 30.3 Å². The van der Waals surface area contributed by atoms with Crippen molar-refractivity contribution in [3.05, 3.63) is 66.1 Å². The molecule has 5 rings (SSSR count). The van der Waals surface area contributed by atoms with Crippen LogP contribution in [0.5, 0.6) is 0 Å². The summed E-state index contributed by atoms with van der Waals surface area (Å²) in [6, 6.07) is 11.5. The Balaban J connectivity index is 1.51. The number of aromatic nitrogens is 5. The van der Waals surface area contributed by atoms with Crippen LogP contribution in [0.3, 0.4) is 0 Å². The molecule has 1 aliphatic rings. The van der Waals surface area contributed by atoms with E-state index in [1.807, 2.05) is 6.07 Å². The lowest BCUT2D eigenvalue weighted by Gasteiger charge is -2.08.